The molecule has 8 heteroatoms. The highest BCUT2D eigenvalue weighted by atomic mass is 35.5. The van der Waals surface area contributed by atoms with E-state index in [1.807, 2.05) is 30.3 Å². The summed E-state index contributed by atoms with van der Waals surface area (Å²) in [5, 5.41) is 2.10. The maximum absolute atomic E-state index is 12.9. The minimum absolute atomic E-state index is 0.0283. The van der Waals surface area contributed by atoms with Crippen molar-refractivity contribution in [1.29, 1.82) is 0 Å². The van der Waals surface area contributed by atoms with Crippen LogP contribution in [0.15, 0.2) is 59.8 Å². The Kier molecular flexibility index (Phi) is 5.48. The normalized spacial score (nSPS) is 20.2. The van der Waals surface area contributed by atoms with Gasteiger partial charge in [0.05, 0.1) is 22.3 Å². The van der Waals surface area contributed by atoms with Crippen molar-refractivity contribution in [2.45, 2.75) is 42.7 Å². The number of hydrogen-bond acceptors (Lipinski definition) is 5. The van der Waals surface area contributed by atoms with Gasteiger partial charge in [-0.2, -0.15) is 0 Å². The summed E-state index contributed by atoms with van der Waals surface area (Å²) in [6.07, 6.45) is 5.81. The molecular weight excluding hydrogens is 398 g/mol. The Morgan fingerprint density at radius 3 is 2.39 bits per heavy atom. The zero-order valence-electron chi connectivity index (χ0n) is 15.1. The van der Waals surface area contributed by atoms with Crippen LogP contribution in [0.2, 0.25) is 5.02 Å². The molecule has 1 aromatic heterocycles. The van der Waals surface area contributed by atoms with Gasteiger partial charge >= 0.3 is 6.01 Å². The lowest BCUT2D eigenvalue weighted by atomic mass is 9.94. The maximum atomic E-state index is 12.9. The van der Waals surface area contributed by atoms with E-state index in [9.17, 15) is 8.42 Å². The highest BCUT2D eigenvalue weighted by Gasteiger charge is 2.27. The van der Waals surface area contributed by atoms with Crippen LogP contribution in [0, 0.1) is 0 Å². The zero-order chi connectivity index (χ0) is 19.6. The Morgan fingerprint density at radius 2 is 1.64 bits per heavy atom. The van der Waals surface area contributed by atoms with Crippen molar-refractivity contribution in [3.05, 3.63) is 59.9 Å². The van der Waals surface area contributed by atoms with E-state index in [-0.39, 0.29) is 12.1 Å². The highest BCUT2D eigenvalue weighted by molar-refractivity contribution is 7.89. The third-order valence-corrected chi connectivity index (χ3v) is 6.68. The molecule has 0 amide bonds. The van der Waals surface area contributed by atoms with Gasteiger partial charge < -0.3 is 4.74 Å². The summed E-state index contributed by atoms with van der Waals surface area (Å²) in [5.41, 5.74) is 0. The van der Waals surface area contributed by atoms with E-state index in [4.69, 9.17) is 16.3 Å². The molecule has 1 N–H and O–H groups in total. The van der Waals surface area contributed by atoms with Gasteiger partial charge in [-0.25, -0.2) is 23.1 Å². The van der Waals surface area contributed by atoms with Gasteiger partial charge in [-0.3, -0.25) is 0 Å². The Hall–Kier alpha value is -2.22. The molecule has 3 aromatic rings. The number of aromatic nitrogens is 2. The molecule has 1 aliphatic rings. The van der Waals surface area contributed by atoms with Gasteiger partial charge in [-0.15, -0.1) is 0 Å². The van der Waals surface area contributed by atoms with E-state index < -0.39 is 10.0 Å². The van der Waals surface area contributed by atoms with Gasteiger partial charge in [-0.1, -0.05) is 48.0 Å². The molecule has 6 nitrogen and oxygen atoms in total. The van der Waals surface area contributed by atoms with E-state index in [1.165, 1.54) is 12.4 Å². The summed E-state index contributed by atoms with van der Waals surface area (Å²) in [6, 6.07) is 13.0. The first-order chi connectivity index (χ1) is 13.5. The molecule has 0 radical (unpaired) electrons. The Morgan fingerprint density at radius 1 is 0.964 bits per heavy atom. The molecule has 0 atom stereocenters. The molecule has 0 saturated heterocycles. The smallest absolute Gasteiger partial charge is 0.316 e. The summed E-state index contributed by atoms with van der Waals surface area (Å²) in [4.78, 5) is 8.40. The molecule has 0 unspecified atom stereocenters. The first kappa shape index (κ1) is 19.1. The molecule has 1 heterocycles. The number of halogens is 1. The number of fused-ring (bicyclic) bond motifs is 1. The molecule has 0 bridgehead atoms. The third-order valence-electron chi connectivity index (χ3n) is 4.90. The van der Waals surface area contributed by atoms with Gasteiger partial charge in [-0.05, 0) is 37.1 Å². The van der Waals surface area contributed by atoms with Crippen molar-refractivity contribution in [1.82, 2.24) is 14.7 Å². The lowest BCUT2D eigenvalue weighted by molar-refractivity contribution is 0.132. The number of sulfonamides is 1. The first-order valence-electron chi connectivity index (χ1n) is 9.15. The monoisotopic (exact) mass is 417 g/mol. The topological polar surface area (TPSA) is 81.2 Å². The molecular formula is C20H20ClN3O3S. The molecule has 146 valence electrons. The van der Waals surface area contributed by atoms with E-state index in [2.05, 4.69) is 14.7 Å². The second-order valence-electron chi connectivity index (χ2n) is 6.87. The van der Waals surface area contributed by atoms with Crippen molar-refractivity contribution >= 4 is 32.4 Å². The average molecular weight is 418 g/mol. The molecule has 1 fully saturated rings. The summed E-state index contributed by atoms with van der Waals surface area (Å²) in [5.74, 6) is 0. The van der Waals surface area contributed by atoms with Crippen LogP contribution >= 0.6 is 11.6 Å². The van der Waals surface area contributed by atoms with Crippen LogP contribution in [0.4, 0.5) is 0 Å². The van der Waals surface area contributed by atoms with Crippen molar-refractivity contribution in [3.8, 4) is 6.01 Å². The van der Waals surface area contributed by atoms with Crippen LogP contribution in [0.25, 0.3) is 10.8 Å². The van der Waals surface area contributed by atoms with E-state index in [1.54, 1.807) is 12.1 Å². The molecule has 2 aromatic carbocycles. The summed E-state index contributed by atoms with van der Waals surface area (Å²) in [7, 11) is -3.60. The number of hydrogen-bond donors (Lipinski definition) is 1. The fourth-order valence-electron chi connectivity index (χ4n) is 3.52. The van der Waals surface area contributed by atoms with Crippen LogP contribution < -0.4 is 9.46 Å². The fraction of sp³-hybridized carbons (Fsp3) is 0.300. The van der Waals surface area contributed by atoms with Gasteiger partial charge in [0, 0.05) is 11.4 Å². The summed E-state index contributed by atoms with van der Waals surface area (Å²) < 4.78 is 34.5. The minimum atomic E-state index is -3.60. The predicted molar refractivity (Wildman–Crippen MR) is 108 cm³/mol. The summed E-state index contributed by atoms with van der Waals surface area (Å²) >= 11 is 5.78. The molecule has 0 spiro atoms. The second kappa shape index (κ2) is 8.03. The third kappa shape index (κ3) is 4.27. The standard InChI is InChI=1S/C20H20ClN3O3S/c21-15-12-22-20(23-13-15)27-17-10-8-16(9-11-17)24-28(25,26)19-7-3-5-14-4-1-2-6-18(14)19/h1-7,12-13,16-17,24H,8-11H2. The molecule has 1 saturated carbocycles. The number of ether oxygens (including phenoxy) is 1. The van der Waals surface area contributed by atoms with E-state index >= 15 is 0 Å². The van der Waals surface area contributed by atoms with Crippen molar-refractivity contribution in [2.75, 3.05) is 0 Å². The Labute approximate surface area is 169 Å². The van der Waals surface area contributed by atoms with Crippen LogP contribution in [0.1, 0.15) is 25.7 Å². The minimum Gasteiger partial charge on any atom is -0.460 e. The number of benzene rings is 2. The summed E-state index contributed by atoms with van der Waals surface area (Å²) in [6.45, 7) is 0. The van der Waals surface area contributed by atoms with Gasteiger partial charge in [0.2, 0.25) is 10.0 Å². The maximum Gasteiger partial charge on any atom is 0.316 e. The van der Waals surface area contributed by atoms with Crippen molar-refractivity contribution in [3.63, 3.8) is 0 Å². The molecule has 0 aliphatic heterocycles. The van der Waals surface area contributed by atoms with E-state index in [0.29, 0.717) is 28.8 Å². The largest absolute Gasteiger partial charge is 0.460 e. The highest BCUT2D eigenvalue weighted by Crippen LogP contribution is 2.26. The molecule has 4 rings (SSSR count). The van der Waals surface area contributed by atoms with Crippen LogP contribution in [0.5, 0.6) is 6.01 Å². The SMILES string of the molecule is O=S(=O)(NC1CCC(Oc2ncc(Cl)cn2)CC1)c1cccc2ccccc12. The first-order valence-corrected chi connectivity index (χ1v) is 11.0. The Balaban J connectivity index is 1.40. The van der Waals surface area contributed by atoms with Crippen LogP contribution in [0.3, 0.4) is 0 Å². The quantitative estimate of drug-likeness (QED) is 0.679. The lowest BCUT2D eigenvalue weighted by Gasteiger charge is -2.28. The van der Waals surface area contributed by atoms with Crippen LogP contribution in [-0.4, -0.2) is 30.5 Å². The van der Waals surface area contributed by atoms with Crippen molar-refractivity contribution in [2.24, 2.45) is 0 Å². The van der Waals surface area contributed by atoms with Gasteiger partial charge in [0.15, 0.2) is 0 Å². The predicted octanol–water partition coefficient (Wildman–Crippen LogP) is 3.95. The molecule has 1 aliphatic carbocycles. The second-order valence-corrected chi connectivity index (χ2v) is 8.99. The van der Waals surface area contributed by atoms with Gasteiger partial charge in [0.25, 0.3) is 0 Å². The van der Waals surface area contributed by atoms with Crippen molar-refractivity contribution < 1.29 is 13.2 Å². The number of nitrogens with one attached hydrogen (secondary N) is 1. The van der Waals surface area contributed by atoms with Gasteiger partial charge in [0.1, 0.15) is 6.10 Å². The Bertz CT molecular complexity index is 1060. The average Bonchev–Trinajstić information content (AvgIpc) is 2.70. The van der Waals surface area contributed by atoms with Crippen LogP contribution in [-0.2, 0) is 10.0 Å². The fourth-order valence-corrected chi connectivity index (χ4v) is 5.15. The zero-order valence-corrected chi connectivity index (χ0v) is 16.7. The lowest BCUT2D eigenvalue weighted by Crippen LogP contribution is -2.39. The molecule has 28 heavy (non-hydrogen) atoms. The van der Waals surface area contributed by atoms with E-state index in [0.717, 1.165) is 23.6 Å². The number of rotatable bonds is 5. The number of nitrogens with zero attached hydrogens (tertiary/aromatic N) is 2.